The second-order valence-corrected chi connectivity index (χ2v) is 4.67. The maximum Gasteiger partial charge on any atom is 0.0841 e. The minimum absolute atomic E-state index is 0.517. The first kappa shape index (κ1) is 10.5. The number of nitrogens with zero attached hydrogens (tertiary/aromatic N) is 2. The number of fused-ring (bicyclic) bond motifs is 1. The summed E-state index contributed by atoms with van der Waals surface area (Å²) in [5.41, 5.74) is 12.0. The number of rotatable bonds is 2. The number of nitrogens with two attached hydrogens (primary N) is 1. The van der Waals surface area contributed by atoms with Crippen molar-refractivity contribution in [1.29, 1.82) is 0 Å². The van der Waals surface area contributed by atoms with Crippen molar-refractivity contribution in [3.63, 3.8) is 0 Å². The highest BCUT2D eigenvalue weighted by Crippen LogP contribution is 2.31. The van der Waals surface area contributed by atoms with Crippen LogP contribution in [0.4, 0.5) is 0 Å². The van der Waals surface area contributed by atoms with Gasteiger partial charge in [-0.05, 0) is 25.3 Å². The molecule has 1 aliphatic rings. The van der Waals surface area contributed by atoms with Crippen molar-refractivity contribution in [1.82, 2.24) is 9.78 Å². The van der Waals surface area contributed by atoms with Gasteiger partial charge in [0.05, 0.1) is 5.69 Å². The first-order valence-corrected chi connectivity index (χ1v) is 6.15. The monoisotopic (exact) mass is 227 g/mol. The van der Waals surface area contributed by atoms with E-state index in [4.69, 9.17) is 5.73 Å². The van der Waals surface area contributed by atoms with Crippen LogP contribution < -0.4 is 5.73 Å². The number of aryl methyl sites for hydroxylation is 2. The van der Waals surface area contributed by atoms with Crippen molar-refractivity contribution in [2.45, 2.75) is 32.9 Å². The zero-order chi connectivity index (χ0) is 11.8. The molecule has 3 nitrogen and oxygen atoms in total. The molecule has 1 aromatic carbocycles. The largest absolute Gasteiger partial charge is 0.325 e. The normalized spacial score (nSPS) is 14.0. The third kappa shape index (κ3) is 1.67. The summed E-state index contributed by atoms with van der Waals surface area (Å²) in [7, 11) is 0. The predicted octanol–water partition coefficient (Wildman–Crippen LogP) is 2.26. The van der Waals surface area contributed by atoms with Gasteiger partial charge in [-0.3, -0.25) is 4.68 Å². The van der Waals surface area contributed by atoms with Gasteiger partial charge in [0, 0.05) is 24.3 Å². The molecule has 1 aliphatic heterocycles. The molecule has 0 fully saturated rings. The van der Waals surface area contributed by atoms with Crippen LogP contribution in [-0.2, 0) is 19.5 Å². The van der Waals surface area contributed by atoms with Crippen molar-refractivity contribution < 1.29 is 0 Å². The molecule has 88 valence electrons. The predicted molar refractivity (Wildman–Crippen MR) is 68.6 cm³/mol. The van der Waals surface area contributed by atoms with Gasteiger partial charge in [-0.2, -0.15) is 5.10 Å². The highest BCUT2D eigenvalue weighted by molar-refractivity contribution is 5.70. The van der Waals surface area contributed by atoms with Gasteiger partial charge in [-0.15, -0.1) is 0 Å². The van der Waals surface area contributed by atoms with Gasteiger partial charge < -0.3 is 5.73 Å². The third-order valence-corrected chi connectivity index (χ3v) is 3.41. The van der Waals surface area contributed by atoms with Gasteiger partial charge in [0.2, 0.25) is 0 Å². The van der Waals surface area contributed by atoms with Crippen molar-refractivity contribution in [3.05, 3.63) is 41.2 Å². The van der Waals surface area contributed by atoms with Crippen LogP contribution in [0.15, 0.2) is 24.3 Å². The Labute approximate surface area is 101 Å². The summed E-state index contributed by atoms with van der Waals surface area (Å²) in [6.07, 6.45) is 2.32. The van der Waals surface area contributed by atoms with E-state index in [-0.39, 0.29) is 0 Å². The molecule has 3 rings (SSSR count). The number of hydrogen-bond acceptors (Lipinski definition) is 2. The fourth-order valence-corrected chi connectivity index (χ4v) is 2.66. The maximum absolute atomic E-state index is 5.81. The summed E-state index contributed by atoms with van der Waals surface area (Å²) < 4.78 is 2.12. The molecule has 0 bridgehead atoms. The molecule has 0 saturated carbocycles. The molecule has 0 spiro atoms. The standard InChI is InChI=1S/C14H17N3/c1-10-4-2-5-11(8-10)14-12(9-15)16-17-7-3-6-13(14)17/h2,4-5,8H,3,6-7,9,15H2,1H3. The van der Waals surface area contributed by atoms with Crippen LogP contribution in [0.2, 0.25) is 0 Å². The Balaban J connectivity index is 2.19. The minimum atomic E-state index is 0.517. The Bertz CT molecular complexity index is 555. The van der Waals surface area contributed by atoms with Crippen LogP contribution in [0.1, 0.15) is 23.4 Å². The van der Waals surface area contributed by atoms with E-state index in [1.54, 1.807) is 0 Å². The lowest BCUT2D eigenvalue weighted by Crippen LogP contribution is -2.01. The third-order valence-electron chi connectivity index (χ3n) is 3.41. The quantitative estimate of drug-likeness (QED) is 0.855. The van der Waals surface area contributed by atoms with Crippen molar-refractivity contribution in [3.8, 4) is 11.1 Å². The first-order valence-electron chi connectivity index (χ1n) is 6.15. The van der Waals surface area contributed by atoms with Crippen molar-refractivity contribution in [2.24, 2.45) is 5.73 Å². The van der Waals surface area contributed by atoms with E-state index in [0.717, 1.165) is 18.7 Å². The lowest BCUT2D eigenvalue weighted by molar-refractivity contribution is 0.644. The molecule has 0 amide bonds. The summed E-state index contributed by atoms with van der Waals surface area (Å²) in [5, 5.41) is 4.61. The van der Waals surface area contributed by atoms with Gasteiger partial charge in [0.25, 0.3) is 0 Å². The Hall–Kier alpha value is -1.61. The van der Waals surface area contributed by atoms with E-state index in [1.807, 2.05) is 0 Å². The van der Waals surface area contributed by atoms with E-state index in [9.17, 15) is 0 Å². The average molecular weight is 227 g/mol. The molecule has 2 aromatic rings. The highest BCUT2D eigenvalue weighted by Gasteiger charge is 2.21. The molecular formula is C14H17N3. The number of aromatic nitrogens is 2. The van der Waals surface area contributed by atoms with Gasteiger partial charge in [0.1, 0.15) is 0 Å². The van der Waals surface area contributed by atoms with Crippen LogP contribution in [0.5, 0.6) is 0 Å². The Morgan fingerprint density at radius 1 is 1.41 bits per heavy atom. The maximum atomic E-state index is 5.81. The second kappa shape index (κ2) is 4.00. The van der Waals surface area contributed by atoms with E-state index < -0.39 is 0 Å². The smallest absolute Gasteiger partial charge is 0.0841 e. The van der Waals surface area contributed by atoms with E-state index in [1.165, 1.54) is 28.8 Å². The molecule has 2 N–H and O–H groups in total. The fraction of sp³-hybridized carbons (Fsp3) is 0.357. The Kier molecular flexibility index (Phi) is 2.48. The molecule has 2 heterocycles. The van der Waals surface area contributed by atoms with E-state index in [2.05, 4.69) is 41.0 Å². The van der Waals surface area contributed by atoms with Crippen LogP contribution in [0.25, 0.3) is 11.1 Å². The molecule has 0 saturated heterocycles. The van der Waals surface area contributed by atoms with E-state index in [0.29, 0.717) is 6.54 Å². The van der Waals surface area contributed by atoms with Crippen LogP contribution in [0, 0.1) is 6.92 Å². The summed E-state index contributed by atoms with van der Waals surface area (Å²) in [4.78, 5) is 0. The van der Waals surface area contributed by atoms with Crippen LogP contribution in [0.3, 0.4) is 0 Å². The SMILES string of the molecule is Cc1cccc(-c2c(CN)nn3c2CCC3)c1. The number of benzene rings is 1. The van der Waals surface area contributed by atoms with Crippen LogP contribution in [-0.4, -0.2) is 9.78 Å². The zero-order valence-electron chi connectivity index (χ0n) is 10.1. The van der Waals surface area contributed by atoms with Crippen molar-refractivity contribution >= 4 is 0 Å². The summed E-state index contributed by atoms with van der Waals surface area (Å²) in [6.45, 7) is 3.67. The Morgan fingerprint density at radius 3 is 3.06 bits per heavy atom. The summed E-state index contributed by atoms with van der Waals surface area (Å²) in [6, 6.07) is 8.59. The fourth-order valence-electron chi connectivity index (χ4n) is 2.66. The average Bonchev–Trinajstić information content (AvgIpc) is 2.87. The second-order valence-electron chi connectivity index (χ2n) is 4.67. The number of hydrogen-bond donors (Lipinski definition) is 1. The lowest BCUT2D eigenvalue weighted by atomic mass is 10.00. The highest BCUT2D eigenvalue weighted by atomic mass is 15.3. The summed E-state index contributed by atoms with van der Waals surface area (Å²) >= 11 is 0. The van der Waals surface area contributed by atoms with Crippen LogP contribution >= 0.6 is 0 Å². The summed E-state index contributed by atoms with van der Waals surface area (Å²) in [5.74, 6) is 0. The molecule has 1 aromatic heterocycles. The topological polar surface area (TPSA) is 43.8 Å². The lowest BCUT2D eigenvalue weighted by Gasteiger charge is -2.04. The first-order chi connectivity index (χ1) is 8.29. The van der Waals surface area contributed by atoms with Gasteiger partial charge in [0.15, 0.2) is 0 Å². The molecule has 0 unspecified atom stereocenters. The van der Waals surface area contributed by atoms with E-state index >= 15 is 0 Å². The molecule has 17 heavy (non-hydrogen) atoms. The van der Waals surface area contributed by atoms with Gasteiger partial charge in [-0.25, -0.2) is 0 Å². The molecule has 0 atom stereocenters. The van der Waals surface area contributed by atoms with Crippen molar-refractivity contribution in [2.75, 3.05) is 0 Å². The Morgan fingerprint density at radius 2 is 2.29 bits per heavy atom. The molecular weight excluding hydrogens is 210 g/mol. The zero-order valence-corrected chi connectivity index (χ0v) is 10.1. The molecule has 0 aliphatic carbocycles. The molecule has 0 radical (unpaired) electrons. The van der Waals surface area contributed by atoms with Gasteiger partial charge >= 0.3 is 0 Å². The minimum Gasteiger partial charge on any atom is -0.325 e. The molecule has 3 heteroatoms. The van der Waals surface area contributed by atoms with Gasteiger partial charge in [-0.1, -0.05) is 29.8 Å².